The average molecular weight is 336 g/mol. The fourth-order valence-electron chi connectivity index (χ4n) is 3.12. The summed E-state index contributed by atoms with van der Waals surface area (Å²) >= 11 is 0. The lowest BCUT2D eigenvalue weighted by molar-refractivity contribution is -0.123. The van der Waals surface area contributed by atoms with E-state index < -0.39 is 0 Å². The van der Waals surface area contributed by atoms with Crippen LogP contribution in [0, 0.1) is 11.8 Å². The van der Waals surface area contributed by atoms with Gasteiger partial charge in [-0.1, -0.05) is 50.2 Å². The van der Waals surface area contributed by atoms with Crippen molar-refractivity contribution < 1.29 is 9.59 Å². The lowest BCUT2D eigenvalue weighted by atomic mass is 10.0. The van der Waals surface area contributed by atoms with Gasteiger partial charge in [0.2, 0.25) is 11.8 Å². The summed E-state index contributed by atoms with van der Waals surface area (Å²) < 4.78 is 0. The Hall–Kier alpha value is -2.62. The van der Waals surface area contributed by atoms with E-state index in [1.807, 2.05) is 54.6 Å². The molecular weight excluding hydrogens is 312 g/mol. The van der Waals surface area contributed by atoms with Crippen molar-refractivity contribution in [1.82, 2.24) is 0 Å². The molecule has 2 atom stereocenters. The van der Waals surface area contributed by atoms with Crippen molar-refractivity contribution in [2.45, 2.75) is 26.2 Å². The van der Waals surface area contributed by atoms with Crippen LogP contribution in [0.15, 0.2) is 54.6 Å². The molecule has 2 aromatic carbocycles. The summed E-state index contributed by atoms with van der Waals surface area (Å²) in [5.41, 5.74) is 2.81. The van der Waals surface area contributed by atoms with E-state index >= 15 is 0 Å². The Morgan fingerprint density at radius 3 is 2.32 bits per heavy atom. The molecule has 0 saturated heterocycles. The van der Waals surface area contributed by atoms with Gasteiger partial charge in [0, 0.05) is 18.4 Å². The van der Waals surface area contributed by atoms with Crippen molar-refractivity contribution in [2.24, 2.45) is 11.8 Å². The minimum atomic E-state index is -0.237. The van der Waals surface area contributed by atoms with Crippen LogP contribution in [0.5, 0.6) is 0 Å². The molecular formula is C21H24N2O2. The van der Waals surface area contributed by atoms with E-state index in [9.17, 15) is 9.59 Å². The molecule has 1 fully saturated rings. The molecule has 1 aliphatic carbocycles. The molecule has 0 heterocycles. The summed E-state index contributed by atoms with van der Waals surface area (Å²) in [4.78, 5) is 26.8. The number of nitrogens with one attached hydrogen (secondary N) is 1. The zero-order valence-electron chi connectivity index (χ0n) is 14.9. The second-order valence-corrected chi connectivity index (χ2v) is 6.91. The molecule has 2 aromatic rings. The Morgan fingerprint density at radius 1 is 1.00 bits per heavy atom. The van der Waals surface area contributed by atoms with Gasteiger partial charge in [0.1, 0.15) is 0 Å². The number of amides is 2. The van der Waals surface area contributed by atoms with E-state index in [-0.39, 0.29) is 23.7 Å². The van der Waals surface area contributed by atoms with Gasteiger partial charge in [-0.2, -0.15) is 0 Å². The highest BCUT2D eigenvalue weighted by Crippen LogP contribution is 2.41. The zero-order chi connectivity index (χ0) is 18.0. The largest absolute Gasteiger partial charge is 0.326 e. The number of rotatable bonds is 5. The van der Waals surface area contributed by atoms with Gasteiger partial charge in [-0.3, -0.25) is 9.59 Å². The molecule has 3 rings (SSSR count). The molecule has 1 saturated carbocycles. The fourth-order valence-corrected chi connectivity index (χ4v) is 3.12. The van der Waals surface area contributed by atoms with Gasteiger partial charge in [-0.15, -0.1) is 0 Å². The molecule has 4 nitrogen and oxygen atoms in total. The minimum Gasteiger partial charge on any atom is -0.326 e. The molecule has 130 valence electrons. The smallest absolute Gasteiger partial charge is 0.230 e. The number of anilines is 2. The Bertz CT molecular complexity index is 770. The highest BCUT2D eigenvalue weighted by atomic mass is 16.2. The lowest BCUT2D eigenvalue weighted by Crippen LogP contribution is -2.29. The SMILES string of the molecule is CC(C)c1ccccc1NC(=O)C1CC1C(=O)N(C)c1ccccc1. The molecule has 1 aliphatic rings. The maximum atomic E-state index is 12.6. The number of hydrogen-bond acceptors (Lipinski definition) is 2. The number of nitrogens with zero attached hydrogens (tertiary/aromatic N) is 1. The van der Waals surface area contributed by atoms with Gasteiger partial charge in [0.05, 0.1) is 11.8 Å². The van der Waals surface area contributed by atoms with Crippen LogP contribution in [0.25, 0.3) is 0 Å². The monoisotopic (exact) mass is 336 g/mol. The van der Waals surface area contributed by atoms with Gasteiger partial charge in [-0.05, 0) is 36.1 Å². The highest BCUT2D eigenvalue weighted by molar-refractivity contribution is 6.04. The first-order valence-corrected chi connectivity index (χ1v) is 8.71. The van der Waals surface area contributed by atoms with E-state index in [2.05, 4.69) is 19.2 Å². The minimum absolute atomic E-state index is 0.00324. The van der Waals surface area contributed by atoms with Gasteiger partial charge < -0.3 is 10.2 Å². The second-order valence-electron chi connectivity index (χ2n) is 6.91. The molecule has 25 heavy (non-hydrogen) atoms. The number of para-hydroxylation sites is 2. The zero-order valence-corrected chi connectivity index (χ0v) is 14.9. The summed E-state index contributed by atoms with van der Waals surface area (Å²) in [5, 5.41) is 3.01. The quantitative estimate of drug-likeness (QED) is 0.895. The van der Waals surface area contributed by atoms with Crippen molar-refractivity contribution in [2.75, 3.05) is 17.3 Å². The van der Waals surface area contributed by atoms with Crippen molar-refractivity contribution in [3.63, 3.8) is 0 Å². The highest BCUT2D eigenvalue weighted by Gasteiger charge is 2.49. The van der Waals surface area contributed by atoms with Crippen molar-refractivity contribution >= 4 is 23.2 Å². The predicted molar refractivity (Wildman–Crippen MR) is 101 cm³/mol. The second kappa shape index (κ2) is 7.09. The maximum Gasteiger partial charge on any atom is 0.230 e. The molecule has 1 N–H and O–H groups in total. The fraction of sp³-hybridized carbons (Fsp3) is 0.333. The molecule has 0 aromatic heterocycles. The molecule has 4 heteroatoms. The maximum absolute atomic E-state index is 12.6. The first-order chi connectivity index (χ1) is 12.0. The van der Waals surface area contributed by atoms with E-state index in [0.29, 0.717) is 12.3 Å². The average Bonchev–Trinajstić information content (AvgIpc) is 3.42. The standard InChI is InChI=1S/C21H24N2O2/c1-14(2)16-11-7-8-12-19(16)22-20(24)17-13-18(17)21(25)23(3)15-9-5-4-6-10-15/h4-12,14,17-18H,13H2,1-3H3,(H,22,24). The topological polar surface area (TPSA) is 49.4 Å². The molecule has 0 aliphatic heterocycles. The Kier molecular flexibility index (Phi) is 4.88. The van der Waals surface area contributed by atoms with Gasteiger partial charge >= 0.3 is 0 Å². The summed E-state index contributed by atoms with van der Waals surface area (Å²) in [6.45, 7) is 4.20. The Labute approximate surface area is 148 Å². The van der Waals surface area contributed by atoms with Crippen LogP contribution in [0.3, 0.4) is 0 Å². The molecule has 0 radical (unpaired) electrons. The lowest BCUT2D eigenvalue weighted by Gasteiger charge is -2.17. The molecule has 2 amide bonds. The number of carbonyl (C=O) groups is 2. The summed E-state index contributed by atoms with van der Waals surface area (Å²) in [5.74, 6) is -0.191. The molecule has 0 bridgehead atoms. The van der Waals surface area contributed by atoms with E-state index in [4.69, 9.17) is 0 Å². The number of benzene rings is 2. The van der Waals surface area contributed by atoms with Crippen LogP contribution in [0.4, 0.5) is 11.4 Å². The van der Waals surface area contributed by atoms with Crippen LogP contribution in [0.1, 0.15) is 31.7 Å². The van der Waals surface area contributed by atoms with Gasteiger partial charge in [0.15, 0.2) is 0 Å². The van der Waals surface area contributed by atoms with E-state index in [1.165, 1.54) is 0 Å². The van der Waals surface area contributed by atoms with Crippen LogP contribution in [-0.4, -0.2) is 18.9 Å². The number of hydrogen-bond donors (Lipinski definition) is 1. The first kappa shape index (κ1) is 17.2. The normalized spacial score (nSPS) is 18.7. The number of carbonyl (C=O) groups excluding carboxylic acids is 2. The van der Waals surface area contributed by atoms with Crippen LogP contribution < -0.4 is 10.2 Å². The van der Waals surface area contributed by atoms with Gasteiger partial charge in [-0.25, -0.2) is 0 Å². The van der Waals surface area contributed by atoms with Crippen molar-refractivity contribution in [1.29, 1.82) is 0 Å². The molecule has 0 spiro atoms. The summed E-state index contributed by atoms with van der Waals surface area (Å²) in [7, 11) is 1.76. The van der Waals surface area contributed by atoms with Crippen LogP contribution in [0.2, 0.25) is 0 Å². The summed E-state index contributed by atoms with van der Waals surface area (Å²) in [6, 6.07) is 17.4. The van der Waals surface area contributed by atoms with Crippen molar-refractivity contribution in [3.05, 3.63) is 60.2 Å². The van der Waals surface area contributed by atoms with E-state index in [0.717, 1.165) is 16.9 Å². The van der Waals surface area contributed by atoms with Crippen LogP contribution >= 0.6 is 0 Å². The van der Waals surface area contributed by atoms with Crippen molar-refractivity contribution in [3.8, 4) is 0 Å². The van der Waals surface area contributed by atoms with Crippen LogP contribution in [-0.2, 0) is 9.59 Å². The summed E-state index contributed by atoms with van der Waals surface area (Å²) in [6.07, 6.45) is 0.617. The third-order valence-corrected chi connectivity index (χ3v) is 4.76. The van der Waals surface area contributed by atoms with E-state index in [1.54, 1.807) is 11.9 Å². The third-order valence-electron chi connectivity index (χ3n) is 4.76. The predicted octanol–water partition coefficient (Wildman–Crippen LogP) is 4.05. The molecule has 2 unspecified atom stereocenters. The van der Waals surface area contributed by atoms with Gasteiger partial charge in [0.25, 0.3) is 0 Å². The Balaban J connectivity index is 1.64. The first-order valence-electron chi connectivity index (χ1n) is 8.71. The third kappa shape index (κ3) is 3.73. The Morgan fingerprint density at radius 2 is 1.64 bits per heavy atom.